The highest BCUT2D eigenvalue weighted by atomic mass is 16.4. The summed E-state index contributed by atoms with van der Waals surface area (Å²) in [4.78, 5) is 52.5. The molecule has 0 radical (unpaired) electrons. The van der Waals surface area contributed by atoms with Gasteiger partial charge < -0.3 is 37.0 Å². The molecule has 9 N–H and O–H groups in total. The second-order valence-corrected chi connectivity index (χ2v) is 11.7. The highest BCUT2D eigenvalue weighted by Crippen LogP contribution is 2.54. The van der Waals surface area contributed by atoms with E-state index >= 15 is 0 Å². The summed E-state index contributed by atoms with van der Waals surface area (Å²) in [6.07, 6.45) is -0.169. The minimum Gasteiger partial charge on any atom is -0.508 e. The summed E-state index contributed by atoms with van der Waals surface area (Å²) in [5.74, 6) is -9.01. The van der Waals surface area contributed by atoms with Crippen molar-refractivity contribution in [2.45, 2.75) is 56.7 Å². The van der Waals surface area contributed by atoms with Crippen LogP contribution in [-0.4, -0.2) is 79.6 Å². The standard InChI is InChI=1S/C27H33N3O9/c1-26(2,3)13-8-11(17(28)25(37)38)10-6-9-7-12-18(30(4)5)21(33)16(24(29)36)23(35)27(12,39)22(34)14(9)20(32)15(10)19(13)31/h8-9,12,17-18,31-32,35,39H,6-7,28H2,1-5H3,(H2,29,36)(H,37,38). The number of carbonyl (C=O) groups is 4. The van der Waals surface area contributed by atoms with Crippen LogP contribution >= 0.6 is 0 Å². The summed E-state index contributed by atoms with van der Waals surface area (Å²) in [5.41, 5.74) is 7.08. The molecular weight excluding hydrogens is 510 g/mol. The number of ketones is 2. The monoisotopic (exact) mass is 543 g/mol. The molecule has 1 aromatic rings. The molecule has 0 aliphatic heterocycles. The first kappa shape index (κ1) is 28.3. The van der Waals surface area contributed by atoms with Crippen molar-refractivity contribution < 1.29 is 44.7 Å². The van der Waals surface area contributed by atoms with Crippen molar-refractivity contribution in [2.75, 3.05) is 14.1 Å². The van der Waals surface area contributed by atoms with Gasteiger partial charge >= 0.3 is 5.97 Å². The van der Waals surface area contributed by atoms with Crippen LogP contribution in [0.3, 0.4) is 0 Å². The van der Waals surface area contributed by atoms with Crippen molar-refractivity contribution in [2.24, 2.45) is 23.3 Å². The lowest BCUT2D eigenvalue weighted by molar-refractivity contribution is -0.153. The van der Waals surface area contributed by atoms with Gasteiger partial charge in [-0.3, -0.25) is 24.1 Å². The Balaban J connectivity index is 2.05. The Hall–Kier alpha value is -3.74. The largest absolute Gasteiger partial charge is 0.508 e. The van der Waals surface area contributed by atoms with Gasteiger partial charge in [0.05, 0.1) is 11.6 Å². The number of amides is 1. The molecular formula is C27H33N3O9. The molecule has 39 heavy (non-hydrogen) atoms. The van der Waals surface area contributed by atoms with Gasteiger partial charge in [0.2, 0.25) is 5.78 Å². The van der Waals surface area contributed by atoms with Gasteiger partial charge in [-0.25, -0.2) is 0 Å². The smallest absolute Gasteiger partial charge is 0.325 e. The van der Waals surface area contributed by atoms with Crippen LogP contribution in [0.25, 0.3) is 5.76 Å². The average molecular weight is 544 g/mol. The van der Waals surface area contributed by atoms with E-state index in [1.54, 1.807) is 20.8 Å². The zero-order chi connectivity index (χ0) is 29.5. The van der Waals surface area contributed by atoms with Crippen molar-refractivity contribution in [1.29, 1.82) is 0 Å². The number of rotatable bonds is 4. The Morgan fingerprint density at radius 2 is 1.74 bits per heavy atom. The predicted molar refractivity (Wildman–Crippen MR) is 138 cm³/mol. The molecule has 5 atom stereocenters. The van der Waals surface area contributed by atoms with Crippen LogP contribution < -0.4 is 11.5 Å². The van der Waals surface area contributed by atoms with Gasteiger partial charge in [0, 0.05) is 17.1 Å². The molecule has 5 unspecified atom stereocenters. The first-order chi connectivity index (χ1) is 17.9. The zero-order valence-corrected chi connectivity index (χ0v) is 22.3. The fraction of sp³-hybridized carbons (Fsp3) is 0.481. The number of carboxylic acids is 1. The molecule has 0 bridgehead atoms. The van der Waals surface area contributed by atoms with Crippen LogP contribution in [-0.2, 0) is 31.0 Å². The van der Waals surface area contributed by atoms with Crippen LogP contribution in [0.4, 0.5) is 0 Å². The van der Waals surface area contributed by atoms with Crippen molar-refractivity contribution in [1.82, 2.24) is 4.90 Å². The Morgan fingerprint density at radius 1 is 1.15 bits per heavy atom. The van der Waals surface area contributed by atoms with Crippen molar-refractivity contribution >= 4 is 29.2 Å². The number of aliphatic hydroxyl groups excluding tert-OH is 2. The third-order valence-corrected chi connectivity index (χ3v) is 8.16. The van der Waals surface area contributed by atoms with E-state index < -0.39 is 75.5 Å². The van der Waals surface area contributed by atoms with Crippen LogP contribution in [0.2, 0.25) is 0 Å². The number of hydrogen-bond acceptors (Lipinski definition) is 10. The number of primary amides is 1. The molecule has 3 aliphatic rings. The number of phenolic OH excluding ortho intramolecular Hbond substituents is 1. The van der Waals surface area contributed by atoms with Gasteiger partial charge in [-0.05, 0) is 55.5 Å². The summed E-state index contributed by atoms with van der Waals surface area (Å²) < 4.78 is 0. The fourth-order valence-electron chi connectivity index (χ4n) is 6.32. The number of benzene rings is 1. The second-order valence-electron chi connectivity index (χ2n) is 11.7. The molecule has 0 saturated heterocycles. The predicted octanol–water partition coefficient (Wildman–Crippen LogP) is 0.346. The van der Waals surface area contributed by atoms with E-state index in [0.717, 1.165) is 0 Å². The molecule has 0 heterocycles. The van der Waals surface area contributed by atoms with Gasteiger partial charge in [-0.2, -0.15) is 0 Å². The number of carboxylic acid groups (broad SMARTS) is 1. The Bertz CT molecular complexity index is 1400. The highest BCUT2D eigenvalue weighted by molar-refractivity contribution is 6.24. The van der Waals surface area contributed by atoms with E-state index in [4.69, 9.17) is 11.5 Å². The molecule has 4 rings (SSSR count). The lowest BCUT2D eigenvalue weighted by atomic mass is 9.57. The molecule has 1 saturated carbocycles. The van der Waals surface area contributed by atoms with Gasteiger partial charge in [0.15, 0.2) is 11.4 Å². The fourth-order valence-corrected chi connectivity index (χ4v) is 6.32. The molecule has 1 aromatic carbocycles. The molecule has 3 aliphatic carbocycles. The van der Waals surface area contributed by atoms with Gasteiger partial charge in [-0.1, -0.05) is 20.8 Å². The minimum atomic E-state index is -2.76. The number of hydrogen-bond donors (Lipinski definition) is 7. The first-order valence-electron chi connectivity index (χ1n) is 12.4. The second kappa shape index (κ2) is 8.90. The number of carbonyl (C=O) groups excluding carboxylic acids is 3. The Labute approximate surface area is 224 Å². The minimum absolute atomic E-state index is 0.0527. The topological polar surface area (TPSA) is 225 Å². The summed E-state index contributed by atoms with van der Waals surface area (Å²) in [6, 6.07) is -1.26. The van der Waals surface area contributed by atoms with Crippen molar-refractivity contribution in [3.63, 3.8) is 0 Å². The summed E-state index contributed by atoms with van der Waals surface area (Å²) in [6.45, 7) is 5.27. The van der Waals surface area contributed by atoms with Crippen LogP contribution in [0, 0.1) is 11.8 Å². The normalized spacial score (nSPS) is 27.7. The molecule has 210 valence electrons. The number of aliphatic hydroxyl groups is 3. The zero-order valence-electron chi connectivity index (χ0n) is 22.3. The number of Topliss-reactive ketones (excluding diaryl/α,β-unsaturated/α-hetero) is 2. The van der Waals surface area contributed by atoms with Gasteiger partial charge in [-0.15, -0.1) is 0 Å². The highest BCUT2D eigenvalue weighted by Gasteiger charge is 2.64. The molecule has 1 fully saturated rings. The molecule has 0 aromatic heterocycles. The van der Waals surface area contributed by atoms with E-state index in [1.165, 1.54) is 25.1 Å². The van der Waals surface area contributed by atoms with Crippen molar-refractivity contribution in [3.05, 3.63) is 45.2 Å². The van der Waals surface area contributed by atoms with E-state index in [0.29, 0.717) is 0 Å². The summed E-state index contributed by atoms with van der Waals surface area (Å²) in [7, 11) is 3.01. The number of nitrogens with two attached hydrogens (primary N) is 2. The van der Waals surface area contributed by atoms with E-state index in [-0.39, 0.29) is 46.4 Å². The van der Waals surface area contributed by atoms with Crippen LogP contribution in [0.5, 0.6) is 5.75 Å². The molecule has 0 spiro atoms. The number of phenols is 1. The Morgan fingerprint density at radius 3 is 2.23 bits per heavy atom. The summed E-state index contributed by atoms with van der Waals surface area (Å²) in [5, 5.41) is 55.0. The molecule has 12 nitrogen and oxygen atoms in total. The van der Waals surface area contributed by atoms with Crippen LogP contribution in [0.15, 0.2) is 23.0 Å². The molecule has 12 heteroatoms. The number of likely N-dealkylation sites (N-methyl/N-ethyl adjacent to an activating group) is 1. The maximum atomic E-state index is 14.0. The van der Waals surface area contributed by atoms with E-state index in [1.807, 2.05) is 0 Å². The number of nitrogens with zero attached hydrogens (tertiary/aromatic N) is 1. The quantitative estimate of drug-likeness (QED) is 0.256. The third kappa shape index (κ3) is 3.85. The van der Waals surface area contributed by atoms with E-state index in [9.17, 15) is 44.7 Å². The van der Waals surface area contributed by atoms with Gasteiger partial charge in [0.25, 0.3) is 5.91 Å². The SMILES string of the molecule is CN(C)C1C(=O)C(C(N)=O)=C(O)C2(O)C(=O)C3=C(O)c4c(O)c(C(C)(C)C)cc(C(N)C(=O)O)c4CC3CC12. The molecule has 1 amide bonds. The van der Waals surface area contributed by atoms with Gasteiger partial charge in [0.1, 0.15) is 28.9 Å². The number of aromatic hydroxyl groups is 1. The number of aliphatic carboxylic acids is 1. The average Bonchev–Trinajstić information content (AvgIpc) is 2.79. The third-order valence-electron chi connectivity index (χ3n) is 8.16. The van der Waals surface area contributed by atoms with Crippen molar-refractivity contribution in [3.8, 4) is 5.75 Å². The lowest BCUT2D eigenvalue weighted by Crippen LogP contribution is -2.65. The van der Waals surface area contributed by atoms with E-state index in [2.05, 4.69) is 0 Å². The lowest BCUT2D eigenvalue weighted by Gasteiger charge is -2.50. The first-order valence-corrected chi connectivity index (χ1v) is 12.4. The Kier molecular flexibility index (Phi) is 6.45. The summed E-state index contributed by atoms with van der Waals surface area (Å²) >= 11 is 0. The van der Waals surface area contributed by atoms with Crippen LogP contribution in [0.1, 0.15) is 55.5 Å². The maximum Gasteiger partial charge on any atom is 0.325 e. The number of fused-ring (bicyclic) bond motifs is 3. The maximum absolute atomic E-state index is 14.0.